The van der Waals surface area contributed by atoms with E-state index in [4.69, 9.17) is 10.8 Å². The number of nitrogens with zero attached hydrogens (tertiary/aromatic N) is 2. The minimum atomic E-state index is -4.57. The number of alkyl halides is 3. The Labute approximate surface area is 98.2 Å². The summed E-state index contributed by atoms with van der Waals surface area (Å²) >= 11 is 0.743. The molecule has 0 amide bonds. The van der Waals surface area contributed by atoms with Crippen LogP contribution < -0.4 is 5.73 Å². The Morgan fingerprint density at radius 2 is 2.24 bits per heavy atom. The number of rotatable bonds is 4. The summed E-state index contributed by atoms with van der Waals surface area (Å²) in [6.07, 6.45) is -3.64. The van der Waals surface area contributed by atoms with Gasteiger partial charge in [-0.25, -0.2) is 9.97 Å². The van der Waals surface area contributed by atoms with Crippen LogP contribution in [0.2, 0.25) is 0 Å². The molecule has 0 fully saturated rings. The number of nitrogens with two attached hydrogens (primary N) is 1. The molecule has 1 rings (SSSR count). The summed E-state index contributed by atoms with van der Waals surface area (Å²) in [5.74, 6) is -1.69. The molecular weight excluding hydrogens is 259 g/mol. The number of carboxylic acid groups (broad SMARTS) is 1. The van der Waals surface area contributed by atoms with Crippen molar-refractivity contribution in [3.63, 3.8) is 0 Å². The number of aromatic nitrogens is 2. The third kappa shape index (κ3) is 4.19. The summed E-state index contributed by atoms with van der Waals surface area (Å²) in [7, 11) is 0. The quantitative estimate of drug-likeness (QED) is 0.798. The van der Waals surface area contributed by atoms with Crippen LogP contribution >= 0.6 is 11.8 Å². The normalized spacial score (nSPS) is 13.4. The smallest absolute Gasteiger partial charge is 0.433 e. The van der Waals surface area contributed by atoms with Crippen molar-refractivity contribution in [2.24, 2.45) is 5.73 Å². The minimum absolute atomic E-state index is 0.244. The Morgan fingerprint density at radius 3 is 2.76 bits per heavy atom. The molecule has 9 heteroatoms. The summed E-state index contributed by atoms with van der Waals surface area (Å²) in [4.78, 5) is 17.1. The van der Waals surface area contributed by atoms with Gasteiger partial charge >= 0.3 is 12.1 Å². The second kappa shape index (κ2) is 5.32. The van der Waals surface area contributed by atoms with Crippen molar-refractivity contribution < 1.29 is 23.1 Å². The Balaban J connectivity index is 2.81. The molecule has 0 aliphatic rings. The van der Waals surface area contributed by atoms with E-state index in [9.17, 15) is 18.0 Å². The van der Waals surface area contributed by atoms with Crippen LogP contribution in [-0.4, -0.2) is 26.8 Å². The van der Waals surface area contributed by atoms with Crippen LogP contribution in [0.5, 0.6) is 0 Å². The lowest BCUT2D eigenvalue weighted by Gasteiger charge is -2.11. The first-order valence-corrected chi connectivity index (χ1v) is 5.34. The van der Waals surface area contributed by atoms with Crippen molar-refractivity contribution in [2.45, 2.75) is 11.6 Å². The molecule has 0 aliphatic heterocycles. The molecular formula is C8H8F3N3O2S. The van der Waals surface area contributed by atoms with Gasteiger partial charge in [0.2, 0.25) is 0 Å². The molecule has 94 valence electrons. The van der Waals surface area contributed by atoms with Crippen LogP contribution in [0, 0.1) is 0 Å². The maximum absolute atomic E-state index is 12.3. The fourth-order valence-electron chi connectivity index (χ4n) is 0.904. The van der Waals surface area contributed by atoms with Gasteiger partial charge in [-0.2, -0.15) is 13.2 Å². The SMILES string of the molecule is NC(SCC(=O)O)c1nccc(C(F)(F)F)n1. The van der Waals surface area contributed by atoms with E-state index in [1.807, 2.05) is 0 Å². The molecule has 5 nitrogen and oxygen atoms in total. The second-order valence-electron chi connectivity index (χ2n) is 2.92. The van der Waals surface area contributed by atoms with Crippen LogP contribution in [0.25, 0.3) is 0 Å². The molecule has 3 N–H and O–H groups in total. The Kier molecular flexibility index (Phi) is 4.29. The molecule has 0 aliphatic carbocycles. The van der Waals surface area contributed by atoms with E-state index in [2.05, 4.69) is 9.97 Å². The van der Waals surface area contributed by atoms with Crippen LogP contribution in [0.4, 0.5) is 13.2 Å². The largest absolute Gasteiger partial charge is 0.481 e. The topological polar surface area (TPSA) is 89.1 Å². The highest BCUT2D eigenvalue weighted by Gasteiger charge is 2.33. The fraction of sp³-hybridized carbons (Fsp3) is 0.375. The zero-order chi connectivity index (χ0) is 13.1. The summed E-state index contributed by atoms with van der Waals surface area (Å²) in [6.45, 7) is 0. The second-order valence-corrected chi connectivity index (χ2v) is 4.05. The molecule has 0 saturated carbocycles. The molecule has 0 saturated heterocycles. The molecule has 0 spiro atoms. The molecule has 1 aromatic heterocycles. The van der Waals surface area contributed by atoms with Gasteiger partial charge in [0.25, 0.3) is 0 Å². The van der Waals surface area contributed by atoms with Gasteiger partial charge in [-0.05, 0) is 6.07 Å². The van der Waals surface area contributed by atoms with Crippen LogP contribution in [0.3, 0.4) is 0 Å². The molecule has 0 bridgehead atoms. The molecule has 1 unspecified atom stereocenters. The lowest BCUT2D eigenvalue weighted by atomic mass is 10.4. The molecule has 0 aromatic carbocycles. The van der Waals surface area contributed by atoms with Gasteiger partial charge in [0.15, 0.2) is 5.82 Å². The molecule has 1 atom stereocenters. The first kappa shape index (κ1) is 13.7. The number of hydrogen-bond acceptors (Lipinski definition) is 5. The molecule has 0 radical (unpaired) electrons. The highest BCUT2D eigenvalue weighted by molar-refractivity contribution is 8.00. The van der Waals surface area contributed by atoms with E-state index < -0.39 is 23.2 Å². The average molecular weight is 267 g/mol. The first-order valence-electron chi connectivity index (χ1n) is 4.30. The van der Waals surface area contributed by atoms with Crippen molar-refractivity contribution in [3.8, 4) is 0 Å². The van der Waals surface area contributed by atoms with E-state index in [1.54, 1.807) is 0 Å². The van der Waals surface area contributed by atoms with Crippen molar-refractivity contribution in [1.82, 2.24) is 9.97 Å². The zero-order valence-corrected chi connectivity index (χ0v) is 9.13. The third-order valence-corrected chi connectivity index (χ3v) is 2.59. The summed E-state index contributed by atoms with van der Waals surface area (Å²) in [6, 6.07) is 0.720. The van der Waals surface area contributed by atoms with Gasteiger partial charge in [-0.1, -0.05) is 0 Å². The maximum atomic E-state index is 12.3. The number of halogens is 3. The highest BCUT2D eigenvalue weighted by Crippen LogP contribution is 2.28. The third-order valence-electron chi connectivity index (χ3n) is 1.61. The van der Waals surface area contributed by atoms with Gasteiger partial charge in [0, 0.05) is 6.20 Å². The van der Waals surface area contributed by atoms with Crippen molar-refractivity contribution in [3.05, 3.63) is 23.8 Å². The van der Waals surface area contributed by atoms with E-state index in [0.29, 0.717) is 0 Å². The highest BCUT2D eigenvalue weighted by atomic mass is 32.2. The van der Waals surface area contributed by atoms with Gasteiger partial charge in [-0.3, -0.25) is 4.79 Å². The lowest BCUT2D eigenvalue weighted by molar-refractivity contribution is -0.141. The van der Waals surface area contributed by atoms with E-state index in [0.717, 1.165) is 24.0 Å². The van der Waals surface area contributed by atoms with Crippen LogP contribution in [-0.2, 0) is 11.0 Å². The zero-order valence-electron chi connectivity index (χ0n) is 8.31. The fourth-order valence-corrected chi connectivity index (χ4v) is 1.49. The maximum Gasteiger partial charge on any atom is 0.433 e. The number of aliphatic carboxylic acids is 1. The Hall–Kier alpha value is -1.35. The van der Waals surface area contributed by atoms with Gasteiger partial charge in [-0.15, -0.1) is 11.8 Å². The number of hydrogen-bond donors (Lipinski definition) is 2. The first-order chi connectivity index (χ1) is 7.80. The van der Waals surface area contributed by atoms with Crippen molar-refractivity contribution >= 4 is 17.7 Å². The van der Waals surface area contributed by atoms with Gasteiger partial charge in [0.1, 0.15) is 11.1 Å². The van der Waals surface area contributed by atoms with E-state index in [-0.39, 0.29) is 11.6 Å². The molecule has 1 aromatic rings. The molecule has 1 heterocycles. The summed E-state index contributed by atoms with van der Waals surface area (Å²) in [5.41, 5.74) is 4.36. The minimum Gasteiger partial charge on any atom is -0.481 e. The Morgan fingerprint density at radius 1 is 1.59 bits per heavy atom. The van der Waals surface area contributed by atoms with Gasteiger partial charge in [0.05, 0.1) is 5.75 Å². The summed E-state index contributed by atoms with van der Waals surface area (Å²) in [5, 5.41) is 7.39. The summed E-state index contributed by atoms with van der Waals surface area (Å²) < 4.78 is 36.9. The van der Waals surface area contributed by atoms with E-state index in [1.165, 1.54) is 0 Å². The lowest BCUT2D eigenvalue weighted by Crippen LogP contribution is -2.16. The van der Waals surface area contributed by atoms with E-state index >= 15 is 0 Å². The number of carbonyl (C=O) groups is 1. The Bertz CT molecular complexity index is 413. The van der Waals surface area contributed by atoms with Crippen LogP contribution in [0.15, 0.2) is 12.3 Å². The standard InChI is InChI=1S/C8H8F3N3O2S/c9-8(10,11)4-1-2-13-7(14-4)6(12)17-3-5(15)16/h1-2,6H,3,12H2,(H,15,16). The molecule has 17 heavy (non-hydrogen) atoms. The average Bonchev–Trinajstić information content (AvgIpc) is 2.25. The van der Waals surface area contributed by atoms with Crippen LogP contribution in [0.1, 0.15) is 16.9 Å². The number of carboxylic acids is 1. The monoisotopic (exact) mass is 267 g/mol. The van der Waals surface area contributed by atoms with Gasteiger partial charge < -0.3 is 10.8 Å². The number of thioether (sulfide) groups is 1. The van der Waals surface area contributed by atoms with Crippen molar-refractivity contribution in [2.75, 3.05) is 5.75 Å². The predicted octanol–water partition coefficient (Wildman–Crippen LogP) is 1.27. The predicted molar refractivity (Wildman–Crippen MR) is 54.1 cm³/mol. The van der Waals surface area contributed by atoms with Crippen molar-refractivity contribution in [1.29, 1.82) is 0 Å².